The van der Waals surface area contributed by atoms with Crippen LogP contribution in [0.2, 0.25) is 0 Å². The topological polar surface area (TPSA) is 40.1 Å². The minimum absolute atomic E-state index is 0. The molecule has 2 nitrogen and oxygen atoms in total. The second-order valence-corrected chi connectivity index (χ2v) is 0.492. The molecule has 0 aliphatic carbocycles. The summed E-state index contributed by atoms with van der Waals surface area (Å²) < 4.78 is 0. The molecule has 0 bridgehead atoms. The summed E-state index contributed by atoms with van der Waals surface area (Å²) in [5, 5.41) is 8.89. The molecule has 3 heteroatoms. The van der Waals surface area contributed by atoms with E-state index in [2.05, 4.69) is 0 Å². The molecule has 0 aromatic carbocycles. The van der Waals surface area contributed by atoms with Crippen LogP contribution in [0.3, 0.4) is 0 Å². The van der Waals surface area contributed by atoms with Gasteiger partial charge in [-0.05, 0) is 6.92 Å². The van der Waals surface area contributed by atoms with E-state index in [1.165, 1.54) is 0 Å². The maximum Gasteiger partial charge on any atom is 3.00 e. The molecule has 0 aliphatic rings. The number of carboxylic acid groups (broad SMARTS) is 1. The average molecular weight is 114 g/mol. The van der Waals surface area contributed by atoms with Gasteiger partial charge >= 0.3 is 17.1 Å². The third-order valence-electron chi connectivity index (χ3n) is 0. The largest absolute Gasteiger partial charge is 3.00 e. The minimum atomic E-state index is -1.08. The summed E-state index contributed by atoms with van der Waals surface area (Å²) in [5.41, 5.74) is 0. The smallest absolute Gasteiger partial charge is 0.550 e. The fourth-order valence-electron chi connectivity index (χ4n) is 0. The van der Waals surface area contributed by atoms with Crippen molar-refractivity contribution in [1.29, 1.82) is 0 Å². The number of carboxylic acids is 1. The molecule has 0 radical (unpaired) electrons. The number of carbonyl (C=O) groups is 1. The van der Waals surface area contributed by atoms with E-state index in [1.54, 1.807) is 0 Å². The Morgan fingerprint density at radius 3 is 1.80 bits per heavy atom. The normalized spacial score (nSPS) is 5.00. The summed E-state index contributed by atoms with van der Waals surface area (Å²) in [4.78, 5) is 8.89. The Bertz CT molecular complexity index is 30.6. The molecule has 0 saturated carbocycles. The van der Waals surface area contributed by atoms with E-state index in [9.17, 15) is 0 Å². The first-order valence-corrected chi connectivity index (χ1v) is 0.908. The van der Waals surface area contributed by atoms with Gasteiger partial charge in [0.05, 0.1) is 0 Å². The van der Waals surface area contributed by atoms with Crippen LogP contribution < -0.4 is 5.11 Å². The monoisotopic (exact) mass is 114 g/mol. The van der Waals surface area contributed by atoms with E-state index in [4.69, 9.17) is 9.90 Å². The molecule has 0 aromatic heterocycles. The molecule has 0 aliphatic heterocycles. The molecular weight excluding hydrogens is 111 g/mol. The summed E-state index contributed by atoms with van der Waals surface area (Å²) in [6.45, 7) is 0.972. The van der Waals surface area contributed by atoms with E-state index in [0.29, 0.717) is 0 Å². The van der Waals surface area contributed by atoms with Crippen LogP contribution in [0, 0.1) is 0 Å². The van der Waals surface area contributed by atoms with Crippen LogP contribution in [0.5, 0.6) is 0 Å². The van der Waals surface area contributed by atoms with Gasteiger partial charge in [0.2, 0.25) is 0 Å². The first kappa shape index (κ1) is 8.89. The van der Waals surface area contributed by atoms with Gasteiger partial charge in [0.25, 0.3) is 0 Å². The fraction of sp³-hybridized carbons (Fsp3) is 0.500. The van der Waals surface area contributed by atoms with Crippen LogP contribution >= 0.6 is 0 Å². The molecule has 0 atom stereocenters. The number of aliphatic carboxylic acids is 1. The molecule has 0 rings (SSSR count). The van der Waals surface area contributed by atoms with E-state index >= 15 is 0 Å². The van der Waals surface area contributed by atoms with E-state index in [0.717, 1.165) is 6.92 Å². The van der Waals surface area contributed by atoms with Crippen LogP contribution in [0.1, 0.15) is 6.92 Å². The number of hydrogen-bond donors (Lipinski definition) is 0. The maximum atomic E-state index is 8.89. The molecule has 5 heavy (non-hydrogen) atoms. The second kappa shape index (κ2) is 3.99. The molecule has 0 unspecified atom stereocenters. The molecule has 0 N–H and O–H groups in total. The first-order valence-electron chi connectivity index (χ1n) is 0.908. The Kier molecular flexibility index (Phi) is 7.09. The van der Waals surface area contributed by atoms with Gasteiger partial charge in [-0.2, -0.15) is 0 Å². The Labute approximate surface area is 40.7 Å². The molecule has 0 heterocycles. The molecular formula is C2H3MnO2+2. The fourth-order valence-corrected chi connectivity index (χ4v) is 0. The van der Waals surface area contributed by atoms with Crippen LogP contribution in [0.25, 0.3) is 0 Å². The van der Waals surface area contributed by atoms with Crippen molar-refractivity contribution in [3.8, 4) is 0 Å². The van der Waals surface area contributed by atoms with Gasteiger partial charge in [0, 0.05) is 5.97 Å². The van der Waals surface area contributed by atoms with Gasteiger partial charge in [0.1, 0.15) is 0 Å². The Hall–Kier alpha value is -0.0105. The average Bonchev–Trinajstić information content (AvgIpc) is 0.811. The maximum absolute atomic E-state index is 8.89. The molecule has 0 spiro atoms. The third kappa shape index (κ3) is 143000. The van der Waals surface area contributed by atoms with Crippen molar-refractivity contribution in [3.63, 3.8) is 0 Å². The van der Waals surface area contributed by atoms with Gasteiger partial charge in [-0.15, -0.1) is 0 Å². The second-order valence-electron chi connectivity index (χ2n) is 0.492. The zero-order valence-corrected chi connectivity index (χ0v) is 3.87. The van der Waals surface area contributed by atoms with Crippen molar-refractivity contribution in [3.05, 3.63) is 0 Å². The van der Waals surface area contributed by atoms with Gasteiger partial charge in [-0.25, -0.2) is 0 Å². The predicted octanol–water partition coefficient (Wildman–Crippen LogP) is -1.25. The Balaban J connectivity index is 0. The van der Waals surface area contributed by atoms with E-state index in [-0.39, 0.29) is 17.1 Å². The van der Waals surface area contributed by atoms with Crippen LogP contribution in [0.15, 0.2) is 0 Å². The Morgan fingerprint density at radius 1 is 1.80 bits per heavy atom. The number of rotatable bonds is 0. The number of carbonyl (C=O) groups excluding carboxylic acids is 1. The minimum Gasteiger partial charge on any atom is -0.550 e. The summed E-state index contributed by atoms with van der Waals surface area (Å²) >= 11 is 0. The SMILES string of the molecule is CC(=O)[O-].[Mn+3]. The van der Waals surface area contributed by atoms with Crippen LogP contribution in [-0.2, 0) is 21.9 Å². The van der Waals surface area contributed by atoms with Crippen molar-refractivity contribution in [1.82, 2.24) is 0 Å². The predicted molar refractivity (Wildman–Crippen MR) is 10.7 cm³/mol. The van der Waals surface area contributed by atoms with Gasteiger partial charge in [-0.1, -0.05) is 0 Å². The van der Waals surface area contributed by atoms with Gasteiger partial charge in [0.15, 0.2) is 0 Å². The van der Waals surface area contributed by atoms with E-state index < -0.39 is 5.97 Å². The quantitative estimate of drug-likeness (QED) is 0.369. The number of hydrogen-bond acceptors (Lipinski definition) is 2. The van der Waals surface area contributed by atoms with Gasteiger partial charge < -0.3 is 9.90 Å². The van der Waals surface area contributed by atoms with Crippen molar-refractivity contribution >= 4 is 5.97 Å². The molecule has 0 amide bonds. The zero-order chi connectivity index (χ0) is 3.58. The van der Waals surface area contributed by atoms with Crippen molar-refractivity contribution in [2.75, 3.05) is 0 Å². The summed E-state index contributed by atoms with van der Waals surface area (Å²) in [6, 6.07) is 0. The third-order valence-corrected chi connectivity index (χ3v) is 0. The summed E-state index contributed by atoms with van der Waals surface area (Å²) in [7, 11) is 0. The van der Waals surface area contributed by atoms with Gasteiger partial charge in [-0.3, -0.25) is 0 Å². The van der Waals surface area contributed by atoms with Crippen molar-refractivity contribution in [2.45, 2.75) is 6.92 Å². The van der Waals surface area contributed by atoms with Crippen molar-refractivity contribution < 1.29 is 27.0 Å². The standard InChI is InChI=1S/C2H4O2.Mn/c1-2(3)4;/h1H3,(H,3,4);/q;+3/p-1. The first-order chi connectivity index (χ1) is 1.73. The molecule has 0 fully saturated rings. The van der Waals surface area contributed by atoms with Crippen LogP contribution in [-0.4, -0.2) is 5.97 Å². The zero-order valence-electron chi connectivity index (χ0n) is 2.69. The van der Waals surface area contributed by atoms with E-state index in [1.807, 2.05) is 0 Å². The molecule has 0 aromatic rings. The summed E-state index contributed by atoms with van der Waals surface area (Å²) in [5.74, 6) is -1.08. The van der Waals surface area contributed by atoms with Crippen LogP contribution in [0.4, 0.5) is 0 Å². The Morgan fingerprint density at radius 2 is 1.80 bits per heavy atom. The molecule has 28 valence electrons. The summed E-state index contributed by atoms with van der Waals surface area (Å²) in [6.07, 6.45) is 0. The van der Waals surface area contributed by atoms with Crippen molar-refractivity contribution in [2.24, 2.45) is 0 Å². The molecule has 0 saturated heterocycles.